The number of piperidine rings is 2. The van der Waals surface area contributed by atoms with Gasteiger partial charge in [0.1, 0.15) is 0 Å². The molecule has 0 bridgehead atoms. The van der Waals surface area contributed by atoms with Crippen molar-refractivity contribution >= 4 is 5.69 Å². The highest BCUT2D eigenvalue weighted by molar-refractivity contribution is 5.52. The number of benzene rings is 1. The Morgan fingerprint density at radius 1 is 1.04 bits per heavy atom. The Morgan fingerprint density at radius 3 is 2.69 bits per heavy atom. The number of ether oxygens (including phenoxy) is 1. The average molecular weight is 356 g/mol. The van der Waals surface area contributed by atoms with Gasteiger partial charge in [0.15, 0.2) is 0 Å². The lowest BCUT2D eigenvalue weighted by Gasteiger charge is -2.36. The molecule has 4 nitrogen and oxygen atoms in total. The number of hydrogen-bond donors (Lipinski definition) is 2. The van der Waals surface area contributed by atoms with Gasteiger partial charge >= 0.3 is 0 Å². The highest BCUT2D eigenvalue weighted by Crippen LogP contribution is 2.34. The Morgan fingerprint density at radius 2 is 1.85 bits per heavy atom. The van der Waals surface area contributed by atoms with Crippen LogP contribution in [0.4, 0.5) is 5.69 Å². The topological polar surface area (TPSA) is 36.5 Å². The second kappa shape index (κ2) is 7.14. The first-order valence-electron chi connectivity index (χ1n) is 10.8. The van der Waals surface area contributed by atoms with E-state index in [-0.39, 0.29) is 5.60 Å². The van der Waals surface area contributed by atoms with Gasteiger partial charge in [-0.05, 0) is 87.7 Å². The third kappa shape index (κ3) is 3.39. The molecule has 1 aliphatic carbocycles. The summed E-state index contributed by atoms with van der Waals surface area (Å²) in [5.74, 6) is 0. The molecule has 0 amide bonds. The van der Waals surface area contributed by atoms with Gasteiger partial charge in [-0.1, -0.05) is 6.07 Å². The quantitative estimate of drug-likeness (QED) is 0.874. The standard InChI is InChI=1S/C22H33N3O/c1-2-17-4-5-21(14-18(17)3-1)25-12-6-19(7-13-25)24-20-15-22(26-16-20)8-10-23-11-9-22/h4-5,14,19-20,23-24H,1-3,6-13,15-16H2. The van der Waals surface area contributed by atoms with Crippen molar-refractivity contribution in [1.82, 2.24) is 10.6 Å². The average Bonchev–Trinajstić information content (AvgIpc) is 3.30. The lowest BCUT2D eigenvalue weighted by atomic mass is 9.88. The summed E-state index contributed by atoms with van der Waals surface area (Å²) in [6.07, 6.45) is 9.97. The molecule has 4 heteroatoms. The summed E-state index contributed by atoms with van der Waals surface area (Å²) < 4.78 is 6.26. The molecule has 26 heavy (non-hydrogen) atoms. The predicted molar refractivity (Wildman–Crippen MR) is 106 cm³/mol. The molecular weight excluding hydrogens is 322 g/mol. The Labute approximate surface area is 157 Å². The lowest BCUT2D eigenvalue weighted by molar-refractivity contribution is -0.0194. The third-order valence-corrected chi connectivity index (χ3v) is 7.14. The molecule has 1 atom stereocenters. The van der Waals surface area contributed by atoms with Gasteiger partial charge in [-0.25, -0.2) is 0 Å². The van der Waals surface area contributed by atoms with Gasteiger partial charge in [0, 0.05) is 30.9 Å². The van der Waals surface area contributed by atoms with E-state index in [9.17, 15) is 0 Å². The normalized spacial score (nSPS) is 28.6. The molecule has 3 heterocycles. The minimum atomic E-state index is 0.175. The highest BCUT2D eigenvalue weighted by atomic mass is 16.5. The summed E-state index contributed by atoms with van der Waals surface area (Å²) in [5, 5.41) is 7.39. The monoisotopic (exact) mass is 355 g/mol. The van der Waals surface area contributed by atoms with Crippen LogP contribution in [0.3, 0.4) is 0 Å². The number of nitrogens with zero attached hydrogens (tertiary/aromatic N) is 1. The first-order valence-corrected chi connectivity index (χ1v) is 10.8. The Bertz CT molecular complexity index is 632. The molecule has 1 aromatic rings. The summed E-state index contributed by atoms with van der Waals surface area (Å²) >= 11 is 0. The molecule has 1 unspecified atom stereocenters. The van der Waals surface area contributed by atoms with Crippen LogP contribution in [0, 0.1) is 0 Å². The zero-order valence-corrected chi connectivity index (χ0v) is 15.9. The molecule has 142 valence electrons. The fourth-order valence-electron chi connectivity index (χ4n) is 5.57. The van der Waals surface area contributed by atoms with Gasteiger partial charge in [-0.3, -0.25) is 0 Å². The molecule has 1 spiro atoms. The smallest absolute Gasteiger partial charge is 0.0723 e. The maximum atomic E-state index is 6.26. The van der Waals surface area contributed by atoms with Crippen molar-refractivity contribution in [2.45, 2.75) is 69.1 Å². The van der Waals surface area contributed by atoms with Crippen LogP contribution in [-0.4, -0.2) is 50.5 Å². The molecular formula is C22H33N3O. The van der Waals surface area contributed by atoms with Crippen LogP contribution in [0.5, 0.6) is 0 Å². The van der Waals surface area contributed by atoms with Crippen LogP contribution >= 0.6 is 0 Å². The van der Waals surface area contributed by atoms with Crippen molar-refractivity contribution in [1.29, 1.82) is 0 Å². The van der Waals surface area contributed by atoms with E-state index in [1.165, 1.54) is 70.1 Å². The Hall–Kier alpha value is -1.10. The summed E-state index contributed by atoms with van der Waals surface area (Å²) in [5.41, 5.74) is 4.80. The van der Waals surface area contributed by atoms with E-state index in [2.05, 4.69) is 33.7 Å². The fourth-order valence-corrected chi connectivity index (χ4v) is 5.57. The molecule has 0 saturated carbocycles. The number of hydrogen-bond acceptors (Lipinski definition) is 4. The van der Waals surface area contributed by atoms with Crippen molar-refractivity contribution in [3.05, 3.63) is 29.3 Å². The highest BCUT2D eigenvalue weighted by Gasteiger charge is 2.41. The first kappa shape index (κ1) is 17.0. The molecule has 1 aromatic carbocycles. The van der Waals surface area contributed by atoms with E-state index in [0.717, 1.165) is 19.7 Å². The van der Waals surface area contributed by atoms with Gasteiger partial charge in [0.25, 0.3) is 0 Å². The largest absolute Gasteiger partial charge is 0.373 e. The number of anilines is 1. The van der Waals surface area contributed by atoms with Gasteiger partial charge in [0.2, 0.25) is 0 Å². The second-order valence-electron chi connectivity index (χ2n) is 8.88. The number of aryl methyl sites for hydroxylation is 2. The van der Waals surface area contributed by atoms with E-state index in [1.54, 1.807) is 11.1 Å². The maximum absolute atomic E-state index is 6.26. The number of nitrogens with one attached hydrogen (secondary N) is 2. The van der Waals surface area contributed by atoms with Gasteiger partial charge < -0.3 is 20.3 Å². The van der Waals surface area contributed by atoms with Crippen molar-refractivity contribution in [2.24, 2.45) is 0 Å². The summed E-state index contributed by atoms with van der Waals surface area (Å²) in [6, 6.07) is 8.40. The zero-order valence-electron chi connectivity index (χ0n) is 15.9. The van der Waals surface area contributed by atoms with Crippen LogP contribution < -0.4 is 15.5 Å². The number of rotatable bonds is 3. The molecule has 3 fully saturated rings. The second-order valence-corrected chi connectivity index (χ2v) is 8.88. The van der Waals surface area contributed by atoms with Crippen molar-refractivity contribution in [3.8, 4) is 0 Å². The summed E-state index contributed by atoms with van der Waals surface area (Å²) in [7, 11) is 0. The van der Waals surface area contributed by atoms with E-state index < -0.39 is 0 Å². The van der Waals surface area contributed by atoms with Crippen LogP contribution in [0.25, 0.3) is 0 Å². The lowest BCUT2D eigenvalue weighted by Crippen LogP contribution is -2.47. The molecule has 5 rings (SSSR count). The van der Waals surface area contributed by atoms with E-state index in [1.807, 2.05) is 0 Å². The zero-order chi connectivity index (χ0) is 17.4. The number of fused-ring (bicyclic) bond motifs is 1. The summed E-state index contributed by atoms with van der Waals surface area (Å²) in [6.45, 7) is 5.50. The SMILES string of the molecule is c1cc2c(cc1N1CCC(NC3COC4(CCNCC4)C3)CC1)CCC2. The van der Waals surface area contributed by atoms with Crippen molar-refractivity contribution < 1.29 is 4.74 Å². The fraction of sp³-hybridized carbons (Fsp3) is 0.727. The first-order chi connectivity index (χ1) is 12.8. The van der Waals surface area contributed by atoms with Crippen LogP contribution in [0.2, 0.25) is 0 Å². The molecule has 3 aliphatic heterocycles. The molecule has 0 aromatic heterocycles. The molecule has 3 saturated heterocycles. The van der Waals surface area contributed by atoms with E-state index >= 15 is 0 Å². The Balaban J connectivity index is 1.13. The van der Waals surface area contributed by atoms with E-state index in [0.29, 0.717) is 12.1 Å². The minimum absolute atomic E-state index is 0.175. The van der Waals surface area contributed by atoms with Crippen molar-refractivity contribution in [3.63, 3.8) is 0 Å². The molecule has 2 N–H and O–H groups in total. The van der Waals surface area contributed by atoms with Gasteiger partial charge in [0.05, 0.1) is 12.2 Å². The molecule has 0 radical (unpaired) electrons. The van der Waals surface area contributed by atoms with Crippen LogP contribution in [0.15, 0.2) is 18.2 Å². The van der Waals surface area contributed by atoms with Crippen molar-refractivity contribution in [2.75, 3.05) is 37.7 Å². The van der Waals surface area contributed by atoms with Gasteiger partial charge in [-0.15, -0.1) is 0 Å². The predicted octanol–water partition coefficient (Wildman–Crippen LogP) is 2.64. The molecule has 4 aliphatic rings. The maximum Gasteiger partial charge on any atom is 0.0723 e. The van der Waals surface area contributed by atoms with Crippen LogP contribution in [-0.2, 0) is 17.6 Å². The third-order valence-electron chi connectivity index (χ3n) is 7.14. The summed E-state index contributed by atoms with van der Waals surface area (Å²) in [4.78, 5) is 2.59. The van der Waals surface area contributed by atoms with Crippen LogP contribution in [0.1, 0.15) is 49.7 Å². The van der Waals surface area contributed by atoms with E-state index in [4.69, 9.17) is 4.74 Å². The van der Waals surface area contributed by atoms with Gasteiger partial charge in [-0.2, -0.15) is 0 Å². The Kier molecular flexibility index (Phi) is 4.68. The minimum Gasteiger partial charge on any atom is -0.373 e.